The summed E-state index contributed by atoms with van der Waals surface area (Å²) in [6, 6.07) is 74.9. The van der Waals surface area contributed by atoms with Crippen LogP contribution in [0.15, 0.2) is 206 Å². The van der Waals surface area contributed by atoms with Crippen molar-refractivity contribution >= 4 is 55.7 Å². The van der Waals surface area contributed by atoms with Crippen LogP contribution in [-0.2, 0) is 6.42 Å². The Hall–Kier alpha value is -6.90. The van der Waals surface area contributed by atoms with Gasteiger partial charge in [-0.2, -0.15) is 0 Å². The van der Waals surface area contributed by atoms with Crippen molar-refractivity contribution in [1.29, 1.82) is 0 Å². The first-order valence-electron chi connectivity index (χ1n) is 18.3. The zero-order valence-corrected chi connectivity index (χ0v) is 29.2. The second-order valence-electron chi connectivity index (χ2n) is 13.8. The van der Waals surface area contributed by atoms with Gasteiger partial charge in [0.15, 0.2) is 0 Å². The molecule has 0 aliphatic carbocycles. The van der Waals surface area contributed by atoms with E-state index < -0.39 is 0 Å². The third kappa shape index (κ3) is 5.62. The molecule has 9 aromatic carbocycles. The van der Waals surface area contributed by atoms with E-state index in [2.05, 4.69) is 216 Å². The lowest BCUT2D eigenvalue weighted by Crippen LogP contribution is -2.19. The van der Waals surface area contributed by atoms with Gasteiger partial charge in [0, 0.05) is 40.2 Å². The minimum absolute atomic E-state index is 0.856. The Balaban J connectivity index is 1.07. The lowest BCUT2D eigenvalue weighted by molar-refractivity contribution is 1.09. The van der Waals surface area contributed by atoms with Crippen LogP contribution in [0.2, 0.25) is 0 Å². The molecule has 0 unspecified atom stereocenters. The van der Waals surface area contributed by atoms with Crippen LogP contribution in [0.5, 0.6) is 0 Å². The zero-order valence-electron chi connectivity index (χ0n) is 29.2. The Morgan fingerprint density at radius 2 is 0.811 bits per heavy atom. The van der Waals surface area contributed by atoms with E-state index in [1.54, 1.807) is 0 Å². The third-order valence-corrected chi connectivity index (χ3v) is 10.6. The van der Waals surface area contributed by atoms with Crippen LogP contribution >= 0.6 is 0 Å². The van der Waals surface area contributed by atoms with E-state index in [4.69, 9.17) is 0 Å². The first-order chi connectivity index (χ1) is 26.3. The second-order valence-corrected chi connectivity index (χ2v) is 13.8. The molecule has 2 nitrogen and oxygen atoms in total. The van der Waals surface area contributed by atoms with Crippen molar-refractivity contribution in [3.05, 3.63) is 217 Å². The van der Waals surface area contributed by atoms with E-state index >= 15 is 0 Å². The molecule has 0 fully saturated rings. The number of benzene rings is 9. The smallest absolute Gasteiger partial charge is 0.0540 e. The molecule has 0 N–H and O–H groups in total. The summed E-state index contributed by atoms with van der Waals surface area (Å²) in [7, 11) is 0. The van der Waals surface area contributed by atoms with Gasteiger partial charge in [0.2, 0.25) is 0 Å². The molecule has 0 atom stereocenters. The quantitative estimate of drug-likeness (QED) is 0.173. The zero-order chi connectivity index (χ0) is 35.1. The molecule has 0 bridgehead atoms. The summed E-state index contributed by atoms with van der Waals surface area (Å²) in [5.41, 5.74) is 14.6. The molecule has 0 spiro atoms. The molecule has 0 amide bonds. The van der Waals surface area contributed by atoms with Crippen LogP contribution in [0, 0.1) is 0 Å². The summed E-state index contributed by atoms with van der Waals surface area (Å²) in [5, 5.41) is 5.01. The van der Waals surface area contributed by atoms with Crippen molar-refractivity contribution in [3.63, 3.8) is 0 Å². The minimum atomic E-state index is 0.856. The number of hydrogen-bond donors (Lipinski definition) is 0. The molecule has 1 aliphatic rings. The lowest BCUT2D eigenvalue weighted by atomic mass is 9.89. The van der Waals surface area contributed by atoms with Crippen LogP contribution in [0.4, 0.5) is 34.1 Å². The van der Waals surface area contributed by atoms with Crippen molar-refractivity contribution < 1.29 is 0 Å². The van der Waals surface area contributed by atoms with Crippen molar-refractivity contribution in [1.82, 2.24) is 0 Å². The van der Waals surface area contributed by atoms with Gasteiger partial charge in [-0.1, -0.05) is 133 Å². The fourth-order valence-electron chi connectivity index (χ4n) is 8.02. The molecule has 10 rings (SSSR count). The first kappa shape index (κ1) is 30.9. The molecular weight excluding hydrogens is 641 g/mol. The summed E-state index contributed by atoms with van der Waals surface area (Å²) >= 11 is 0. The van der Waals surface area contributed by atoms with Crippen LogP contribution in [0.25, 0.3) is 43.8 Å². The van der Waals surface area contributed by atoms with Crippen molar-refractivity contribution in [2.45, 2.75) is 6.42 Å². The Labute approximate surface area is 310 Å². The maximum absolute atomic E-state index is 2.48. The van der Waals surface area contributed by atoms with Gasteiger partial charge in [-0.05, 0) is 122 Å². The molecule has 9 aromatic rings. The highest BCUT2D eigenvalue weighted by atomic mass is 15.2. The van der Waals surface area contributed by atoms with Crippen LogP contribution in [0.3, 0.4) is 0 Å². The maximum atomic E-state index is 2.48. The maximum Gasteiger partial charge on any atom is 0.0540 e. The van der Waals surface area contributed by atoms with E-state index in [-0.39, 0.29) is 0 Å². The number of para-hydroxylation sites is 2. The molecule has 1 aliphatic heterocycles. The van der Waals surface area contributed by atoms with Crippen molar-refractivity contribution in [2.24, 2.45) is 0 Å². The Bertz CT molecular complexity index is 2710. The number of rotatable bonds is 6. The SMILES string of the molecule is c1ccc(N(c2ccccc2)c2ccc(-c3ccc4c(c3)Cc3cc(-c5ccc6ccccc6c5)ccc3N4c3cccc4ccccc34)cc2)cc1. The number of nitrogens with zero attached hydrogens (tertiary/aromatic N) is 2. The van der Waals surface area contributed by atoms with Gasteiger partial charge < -0.3 is 9.80 Å². The van der Waals surface area contributed by atoms with Crippen molar-refractivity contribution in [2.75, 3.05) is 9.80 Å². The lowest BCUT2D eigenvalue weighted by Gasteiger charge is -2.35. The number of anilines is 6. The van der Waals surface area contributed by atoms with Gasteiger partial charge in [-0.15, -0.1) is 0 Å². The topological polar surface area (TPSA) is 6.48 Å². The van der Waals surface area contributed by atoms with Gasteiger partial charge in [0.05, 0.1) is 5.69 Å². The summed E-state index contributed by atoms with van der Waals surface area (Å²) in [4.78, 5) is 4.79. The Kier molecular flexibility index (Phi) is 7.58. The monoisotopic (exact) mass is 676 g/mol. The van der Waals surface area contributed by atoms with E-state index in [1.165, 1.54) is 72.0 Å². The Morgan fingerprint density at radius 1 is 0.321 bits per heavy atom. The van der Waals surface area contributed by atoms with Gasteiger partial charge in [0.1, 0.15) is 0 Å². The largest absolute Gasteiger partial charge is 0.311 e. The average Bonchev–Trinajstić information content (AvgIpc) is 3.23. The van der Waals surface area contributed by atoms with Crippen molar-refractivity contribution in [3.8, 4) is 22.3 Å². The fraction of sp³-hybridized carbons (Fsp3) is 0.0196. The molecule has 1 heterocycles. The summed E-state index contributed by atoms with van der Waals surface area (Å²) in [6.07, 6.45) is 0.856. The molecule has 53 heavy (non-hydrogen) atoms. The van der Waals surface area contributed by atoms with Crippen LogP contribution in [0.1, 0.15) is 11.1 Å². The number of hydrogen-bond acceptors (Lipinski definition) is 2. The molecule has 2 heteroatoms. The van der Waals surface area contributed by atoms with Crippen LogP contribution < -0.4 is 9.80 Å². The summed E-state index contributed by atoms with van der Waals surface area (Å²) in [5.74, 6) is 0. The number of fused-ring (bicyclic) bond motifs is 4. The molecule has 0 saturated carbocycles. The Morgan fingerprint density at radius 3 is 1.49 bits per heavy atom. The normalized spacial score (nSPS) is 12.0. The molecule has 0 saturated heterocycles. The highest BCUT2D eigenvalue weighted by Crippen LogP contribution is 2.48. The van der Waals surface area contributed by atoms with E-state index in [0.717, 1.165) is 23.5 Å². The van der Waals surface area contributed by atoms with Gasteiger partial charge in [0.25, 0.3) is 0 Å². The van der Waals surface area contributed by atoms with Gasteiger partial charge in [-0.25, -0.2) is 0 Å². The highest BCUT2D eigenvalue weighted by molar-refractivity contribution is 6.01. The third-order valence-electron chi connectivity index (χ3n) is 10.6. The standard InChI is InChI=1S/C51H36N2/c1-3-16-45(17-4-1)52(46-18-5-2-6-19-46)47-28-24-37(25-29-47)40-26-30-49-43(33-40)35-44-34-42(41-23-22-36-12-7-8-14-39(36)32-41)27-31-50(44)53(49)51-21-11-15-38-13-9-10-20-48(38)51/h1-34H,35H2. The van der Waals surface area contributed by atoms with Gasteiger partial charge in [-0.3, -0.25) is 0 Å². The minimum Gasteiger partial charge on any atom is -0.311 e. The summed E-state index contributed by atoms with van der Waals surface area (Å²) < 4.78 is 0. The van der Waals surface area contributed by atoms with Crippen LogP contribution in [-0.4, -0.2) is 0 Å². The molecule has 250 valence electrons. The first-order valence-corrected chi connectivity index (χ1v) is 18.3. The van der Waals surface area contributed by atoms with E-state index in [0.29, 0.717) is 0 Å². The van der Waals surface area contributed by atoms with E-state index in [9.17, 15) is 0 Å². The molecular formula is C51H36N2. The van der Waals surface area contributed by atoms with E-state index in [1.807, 2.05) is 0 Å². The predicted octanol–water partition coefficient (Wildman–Crippen LogP) is 14.2. The average molecular weight is 677 g/mol. The highest BCUT2D eigenvalue weighted by Gasteiger charge is 2.26. The second kappa shape index (κ2) is 13.0. The molecule has 0 aromatic heterocycles. The summed E-state index contributed by atoms with van der Waals surface area (Å²) in [6.45, 7) is 0. The molecule has 0 radical (unpaired) electrons. The predicted molar refractivity (Wildman–Crippen MR) is 224 cm³/mol. The fourth-order valence-corrected chi connectivity index (χ4v) is 8.02. The van der Waals surface area contributed by atoms with Gasteiger partial charge >= 0.3 is 0 Å².